The van der Waals surface area contributed by atoms with Crippen LogP contribution >= 0.6 is 0 Å². The number of aliphatic hydroxyl groups is 1. The lowest BCUT2D eigenvalue weighted by Crippen LogP contribution is -2.47. The second-order valence-corrected chi connectivity index (χ2v) is 6.14. The van der Waals surface area contributed by atoms with Crippen LogP contribution in [0.3, 0.4) is 0 Å². The zero-order valence-corrected chi connectivity index (χ0v) is 12.1. The van der Waals surface area contributed by atoms with E-state index in [1.54, 1.807) is 7.11 Å². The van der Waals surface area contributed by atoms with Crippen molar-refractivity contribution in [2.75, 3.05) is 13.7 Å². The first-order chi connectivity index (χ1) is 8.95. The lowest BCUT2D eigenvalue weighted by Gasteiger charge is -2.43. The second-order valence-electron chi connectivity index (χ2n) is 6.14. The van der Waals surface area contributed by atoms with E-state index in [9.17, 15) is 5.11 Å². The van der Waals surface area contributed by atoms with Gasteiger partial charge in [0.05, 0.1) is 12.7 Å². The molecule has 0 heterocycles. The minimum absolute atomic E-state index is 0.223. The fourth-order valence-corrected chi connectivity index (χ4v) is 3.45. The Kier molecular flexibility index (Phi) is 3.88. The van der Waals surface area contributed by atoms with Crippen LogP contribution in [0.4, 0.5) is 0 Å². The van der Waals surface area contributed by atoms with Gasteiger partial charge in [-0.15, -0.1) is 0 Å². The third kappa shape index (κ3) is 2.37. The molecular weight excluding hydrogens is 238 g/mol. The van der Waals surface area contributed by atoms with Crippen molar-refractivity contribution >= 4 is 0 Å². The average molecular weight is 263 g/mol. The summed E-state index contributed by atoms with van der Waals surface area (Å²) in [7, 11) is 1.64. The van der Waals surface area contributed by atoms with Gasteiger partial charge in [-0.1, -0.05) is 19.1 Å². The van der Waals surface area contributed by atoms with E-state index in [2.05, 4.69) is 6.92 Å². The molecule has 0 bridgehead atoms. The monoisotopic (exact) mass is 263 g/mol. The minimum Gasteiger partial charge on any atom is -0.497 e. The van der Waals surface area contributed by atoms with Gasteiger partial charge in [0.1, 0.15) is 5.75 Å². The van der Waals surface area contributed by atoms with E-state index in [1.807, 2.05) is 31.2 Å². The maximum absolute atomic E-state index is 11.1. The highest BCUT2D eigenvalue weighted by atomic mass is 16.5. The van der Waals surface area contributed by atoms with Gasteiger partial charge < -0.3 is 15.6 Å². The maximum atomic E-state index is 11.1. The highest BCUT2D eigenvalue weighted by Gasteiger charge is 2.50. The molecule has 3 heteroatoms. The van der Waals surface area contributed by atoms with E-state index in [0.29, 0.717) is 12.5 Å². The highest BCUT2D eigenvalue weighted by molar-refractivity contribution is 5.34. The fraction of sp³-hybridized carbons (Fsp3) is 0.625. The summed E-state index contributed by atoms with van der Waals surface area (Å²) in [6.07, 6.45) is 3.10. The minimum atomic E-state index is -0.916. The molecule has 3 atom stereocenters. The lowest BCUT2D eigenvalue weighted by atomic mass is 9.67. The molecule has 19 heavy (non-hydrogen) atoms. The number of ether oxygens (including phenoxy) is 1. The molecule has 0 saturated heterocycles. The number of benzene rings is 1. The molecule has 3 N–H and O–H groups in total. The van der Waals surface area contributed by atoms with Gasteiger partial charge in [0.2, 0.25) is 0 Å². The van der Waals surface area contributed by atoms with Crippen molar-refractivity contribution in [2.24, 2.45) is 17.1 Å². The highest BCUT2D eigenvalue weighted by Crippen LogP contribution is 2.52. The van der Waals surface area contributed by atoms with Crippen LogP contribution < -0.4 is 10.5 Å². The standard InChI is InChI=1S/C16H25NO2/c1-12-7-8-16(10-12,11-17)15(2,18)13-5-4-6-14(9-13)19-3/h4-6,9,12,18H,7-8,10-11,17H2,1-3H3. The summed E-state index contributed by atoms with van der Waals surface area (Å²) < 4.78 is 5.26. The van der Waals surface area contributed by atoms with Crippen molar-refractivity contribution in [3.63, 3.8) is 0 Å². The Morgan fingerprint density at radius 2 is 2.26 bits per heavy atom. The number of hydrogen-bond donors (Lipinski definition) is 2. The Bertz CT molecular complexity index is 444. The van der Waals surface area contributed by atoms with Crippen molar-refractivity contribution in [3.8, 4) is 5.75 Å². The van der Waals surface area contributed by atoms with Crippen molar-refractivity contribution < 1.29 is 9.84 Å². The zero-order chi connectivity index (χ0) is 14.1. The topological polar surface area (TPSA) is 55.5 Å². The van der Waals surface area contributed by atoms with Crippen LogP contribution in [0.2, 0.25) is 0 Å². The van der Waals surface area contributed by atoms with Gasteiger partial charge in [-0.3, -0.25) is 0 Å². The third-order valence-corrected chi connectivity index (χ3v) is 4.91. The Labute approximate surface area is 115 Å². The smallest absolute Gasteiger partial charge is 0.119 e. The average Bonchev–Trinajstić information content (AvgIpc) is 2.82. The first kappa shape index (κ1) is 14.4. The summed E-state index contributed by atoms with van der Waals surface area (Å²) in [6, 6.07) is 7.69. The van der Waals surface area contributed by atoms with Gasteiger partial charge >= 0.3 is 0 Å². The van der Waals surface area contributed by atoms with Crippen LogP contribution in [0, 0.1) is 11.3 Å². The second kappa shape index (κ2) is 5.14. The maximum Gasteiger partial charge on any atom is 0.119 e. The van der Waals surface area contributed by atoms with E-state index in [-0.39, 0.29) is 5.41 Å². The summed E-state index contributed by atoms with van der Waals surface area (Å²) in [5.41, 5.74) is 5.79. The molecule has 1 aromatic carbocycles. The van der Waals surface area contributed by atoms with Gasteiger partial charge in [0.15, 0.2) is 0 Å². The molecule has 1 fully saturated rings. The van der Waals surface area contributed by atoms with Gasteiger partial charge in [-0.05, 0) is 49.8 Å². The molecule has 3 nitrogen and oxygen atoms in total. The Morgan fingerprint density at radius 3 is 2.79 bits per heavy atom. The molecule has 0 aliphatic heterocycles. The third-order valence-electron chi connectivity index (χ3n) is 4.91. The molecule has 106 valence electrons. The van der Waals surface area contributed by atoms with Gasteiger partial charge in [0.25, 0.3) is 0 Å². The molecule has 1 saturated carbocycles. The van der Waals surface area contributed by atoms with E-state index in [1.165, 1.54) is 0 Å². The zero-order valence-electron chi connectivity index (χ0n) is 12.1. The van der Waals surface area contributed by atoms with Crippen LogP contribution in [-0.2, 0) is 5.60 Å². The Balaban J connectivity index is 2.39. The van der Waals surface area contributed by atoms with Crippen LogP contribution in [-0.4, -0.2) is 18.8 Å². The van der Waals surface area contributed by atoms with Crippen LogP contribution in [0.25, 0.3) is 0 Å². The van der Waals surface area contributed by atoms with E-state index < -0.39 is 5.60 Å². The SMILES string of the molecule is COc1cccc(C(C)(O)C2(CN)CCC(C)C2)c1. The summed E-state index contributed by atoms with van der Waals surface area (Å²) in [6.45, 7) is 4.65. The number of nitrogens with two attached hydrogens (primary N) is 1. The summed E-state index contributed by atoms with van der Waals surface area (Å²) in [5.74, 6) is 1.40. The van der Waals surface area contributed by atoms with E-state index in [0.717, 1.165) is 30.6 Å². The molecule has 0 aromatic heterocycles. The fourth-order valence-electron chi connectivity index (χ4n) is 3.45. The van der Waals surface area contributed by atoms with Crippen LogP contribution in [0.5, 0.6) is 5.75 Å². The lowest BCUT2D eigenvalue weighted by molar-refractivity contribution is -0.0712. The summed E-state index contributed by atoms with van der Waals surface area (Å²) in [5, 5.41) is 11.1. The number of rotatable bonds is 4. The van der Waals surface area contributed by atoms with Crippen molar-refractivity contribution in [3.05, 3.63) is 29.8 Å². The summed E-state index contributed by atoms with van der Waals surface area (Å²) in [4.78, 5) is 0. The molecule has 0 spiro atoms. The quantitative estimate of drug-likeness (QED) is 0.878. The van der Waals surface area contributed by atoms with Crippen molar-refractivity contribution in [1.82, 2.24) is 0 Å². The Hall–Kier alpha value is -1.06. The van der Waals surface area contributed by atoms with E-state index >= 15 is 0 Å². The molecule has 1 aliphatic carbocycles. The van der Waals surface area contributed by atoms with Gasteiger partial charge in [-0.25, -0.2) is 0 Å². The first-order valence-corrected chi connectivity index (χ1v) is 7.02. The molecule has 1 aromatic rings. The molecule has 0 radical (unpaired) electrons. The predicted octanol–water partition coefficient (Wildman–Crippen LogP) is 2.67. The molecule has 2 rings (SSSR count). The normalized spacial score (nSPS) is 30.1. The number of hydrogen-bond acceptors (Lipinski definition) is 3. The van der Waals surface area contributed by atoms with E-state index in [4.69, 9.17) is 10.5 Å². The van der Waals surface area contributed by atoms with Gasteiger partial charge in [-0.2, -0.15) is 0 Å². The summed E-state index contributed by atoms with van der Waals surface area (Å²) >= 11 is 0. The molecule has 1 aliphatic rings. The van der Waals surface area contributed by atoms with Crippen LogP contribution in [0.1, 0.15) is 38.7 Å². The van der Waals surface area contributed by atoms with Gasteiger partial charge in [0, 0.05) is 12.0 Å². The largest absolute Gasteiger partial charge is 0.497 e. The first-order valence-electron chi connectivity index (χ1n) is 7.02. The van der Waals surface area contributed by atoms with Crippen molar-refractivity contribution in [2.45, 2.75) is 38.7 Å². The molecule has 0 amide bonds. The molecule has 3 unspecified atom stereocenters. The predicted molar refractivity (Wildman–Crippen MR) is 77.1 cm³/mol. The van der Waals surface area contributed by atoms with Crippen molar-refractivity contribution in [1.29, 1.82) is 0 Å². The molecular formula is C16H25NO2. The Morgan fingerprint density at radius 1 is 1.53 bits per heavy atom. The van der Waals surface area contributed by atoms with Crippen LogP contribution in [0.15, 0.2) is 24.3 Å². The number of methoxy groups -OCH3 is 1.